The van der Waals surface area contributed by atoms with E-state index in [2.05, 4.69) is 22.0 Å². The van der Waals surface area contributed by atoms with Crippen molar-refractivity contribution in [2.24, 2.45) is 0 Å². The van der Waals surface area contributed by atoms with E-state index in [0.29, 0.717) is 0 Å². The molecule has 0 radical (unpaired) electrons. The summed E-state index contributed by atoms with van der Waals surface area (Å²) in [5, 5.41) is 10.5. The monoisotopic (exact) mass is 244 g/mol. The van der Waals surface area contributed by atoms with Crippen LogP contribution in [0.2, 0.25) is 0 Å². The molecule has 2 rings (SSSR count). The maximum atomic E-state index is 9.35. The number of hydrogen-bond donors (Lipinski definition) is 1. The Hall–Kier alpha value is -1.45. The number of rotatable bonds is 4. The predicted molar refractivity (Wildman–Crippen MR) is 74.4 cm³/mol. The number of nitrogens with zero attached hydrogens (tertiary/aromatic N) is 2. The average Bonchev–Trinajstić information content (AvgIpc) is 2.38. The second-order valence-corrected chi connectivity index (χ2v) is 5.32. The van der Waals surface area contributed by atoms with E-state index in [1.807, 2.05) is 45.2 Å². The smallest absolute Gasteiger partial charge is 0.0705 e. The molecule has 1 heterocycles. The summed E-state index contributed by atoms with van der Waals surface area (Å²) in [5.41, 5.74) is 1.82. The van der Waals surface area contributed by atoms with Gasteiger partial charge in [0, 0.05) is 17.5 Å². The molecule has 2 aromatic rings. The van der Waals surface area contributed by atoms with E-state index in [-0.39, 0.29) is 12.1 Å². The summed E-state index contributed by atoms with van der Waals surface area (Å²) in [4.78, 5) is 6.75. The Morgan fingerprint density at radius 3 is 2.61 bits per heavy atom. The molecule has 1 aromatic heterocycles. The van der Waals surface area contributed by atoms with E-state index in [4.69, 9.17) is 0 Å². The van der Waals surface area contributed by atoms with Gasteiger partial charge in [-0.2, -0.15) is 0 Å². The van der Waals surface area contributed by atoms with Gasteiger partial charge in [-0.25, -0.2) is 0 Å². The molecular weight excluding hydrogens is 224 g/mol. The zero-order valence-electron chi connectivity index (χ0n) is 11.2. The topological polar surface area (TPSA) is 36.4 Å². The van der Waals surface area contributed by atoms with Gasteiger partial charge in [-0.1, -0.05) is 24.3 Å². The van der Waals surface area contributed by atoms with Crippen molar-refractivity contribution in [3.63, 3.8) is 0 Å². The highest BCUT2D eigenvalue weighted by atomic mass is 16.3. The van der Waals surface area contributed by atoms with Crippen molar-refractivity contribution in [3.8, 4) is 0 Å². The van der Waals surface area contributed by atoms with Gasteiger partial charge in [0.25, 0.3) is 0 Å². The van der Waals surface area contributed by atoms with Crippen LogP contribution in [0.3, 0.4) is 0 Å². The summed E-state index contributed by atoms with van der Waals surface area (Å²) in [6.45, 7) is 4.91. The Morgan fingerprint density at radius 2 is 1.89 bits per heavy atom. The number of para-hydroxylation sites is 1. The normalized spacial score (nSPS) is 12.3. The lowest BCUT2D eigenvalue weighted by Crippen LogP contribution is -2.43. The minimum Gasteiger partial charge on any atom is -0.394 e. The van der Waals surface area contributed by atoms with Crippen molar-refractivity contribution < 1.29 is 5.11 Å². The number of benzene rings is 1. The number of aromatic nitrogens is 1. The Kier molecular flexibility index (Phi) is 3.64. The first-order chi connectivity index (χ1) is 8.53. The van der Waals surface area contributed by atoms with Gasteiger partial charge in [-0.05, 0) is 33.0 Å². The van der Waals surface area contributed by atoms with Crippen molar-refractivity contribution in [3.05, 3.63) is 42.1 Å². The maximum absolute atomic E-state index is 9.35. The van der Waals surface area contributed by atoms with Gasteiger partial charge in [0.1, 0.15) is 0 Å². The van der Waals surface area contributed by atoms with E-state index in [0.717, 1.165) is 23.1 Å². The second kappa shape index (κ2) is 5.04. The molecule has 3 nitrogen and oxygen atoms in total. The Balaban J connectivity index is 2.22. The van der Waals surface area contributed by atoms with Crippen LogP contribution in [0.5, 0.6) is 0 Å². The molecule has 0 spiro atoms. The molecule has 0 saturated carbocycles. The fourth-order valence-corrected chi connectivity index (χ4v) is 1.77. The molecule has 0 fully saturated rings. The minimum atomic E-state index is -0.229. The number of likely N-dealkylation sites (N-methyl/N-ethyl adjacent to an activating group) is 1. The summed E-state index contributed by atoms with van der Waals surface area (Å²) in [5.74, 6) is 0. The summed E-state index contributed by atoms with van der Waals surface area (Å²) >= 11 is 0. The van der Waals surface area contributed by atoms with Crippen LogP contribution in [0.1, 0.15) is 19.5 Å². The molecular formula is C15H20N2O. The third-order valence-electron chi connectivity index (χ3n) is 3.48. The molecule has 1 aromatic carbocycles. The second-order valence-electron chi connectivity index (χ2n) is 5.32. The number of hydrogen-bond acceptors (Lipinski definition) is 3. The third kappa shape index (κ3) is 2.68. The van der Waals surface area contributed by atoms with E-state index < -0.39 is 0 Å². The van der Waals surface area contributed by atoms with Crippen LogP contribution in [0.4, 0.5) is 0 Å². The van der Waals surface area contributed by atoms with Gasteiger partial charge in [0.05, 0.1) is 17.8 Å². The summed E-state index contributed by atoms with van der Waals surface area (Å²) in [6, 6.07) is 12.2. The highest BCUT2D eigenvalue weighted by Crippen LogP contribution is 2.16. The van der Waals surface area contributed by atoms with Crippen molar-refractivity contribution in [1.29, 1.82) is 0 Å². The molecule has 3 heteroatoms. The van der Waals surface area contributed by atoms with E-state index in [1.54, 1.807) is 0 Å². The molecule has 0 bridgehead atoms. The number of pyridine rings is 1. The van der Waals surface area contributed by atoms with Gasteiger partial charge in [0.2, 0.25) is 0 Å². The van der Waals surface area contributed by atoms with Crippen LogP contribution in [0.15, 0.2) is 36.4 Å². The fraction of sp³-hybridized carbons (Fsp3) is 0.400. The Labute approximate surface area is 108 Å². The standard InChI is InChI=1S/C15H20N2O/c1-15(2,11-18)17(3)10-13-9-8-12-6-4-5-7-14(12)16-13/h4-9,18H,10-11H2,1-3H3. The SMILES string of the molecule is CN(Cc1ccc2ccccc2n1)C(C)(C)CO. The van der Waals surface area contributed by atoms with Gasteiger partial charge >= 0.3 is 0 Å². The molecule has 0 atom stereocenters. The molecule has 0 amide bonds. The molecule has 0 unspecified atom stereocenters. The first-order valence-electron chi connectivity index (χ1n) is 6.20. The number of fused-ring (bicyclic) bond motifs is 1. The summed E-state index contributed by atoms with van der Waals surface area (Å²) in [6.07, 6.45) is 0. The van der Waals surface area contributed by atoms with Crippen LogP contribution in [0.25, 0.3) is 10.9 Å². The van der Waals surface area contributed by atoms with Crippen LogP contribution in [-0.4, -0.2) is 34.2 Å². The quantitative estimate of drug-likeness (QED) is 0.897. The lowest BCUT2D eigenvalue weighted by molar-refractivity contribution is 0.0725. The van der Waals surface area contributed by atoms with Crippen LogP contribution >= 0.6 is 0 Å². The summed E-state index contributed by atoms with van der Waals surface area (Å²) < 4.78 is 0. The largest absolute Gasteiger partial charge is 0.394 e. The lowest BCUT2D eigenvalue weighted by atomic mass is 10.0. The minimum absolute atomic E-state index is 0.136. The highest BCUT2D eigenvalue weighted by molar-refractivity contribution is 5.78. The van der Waals surface area contributed by atoms with Crippen LogP contribution < -0.4 is 0 Å². The van der Waals surface area contributed by atoms with Crippen molar-refractivity contribution >= 4 is 10.9 Å². The molecule has 0 saturated heterocycles. The van der Waals surface area contributed by atoms with E-state index in [1.165, 1.54) is 0 Å². The summed E-state index contributed by atoms with van der Waals surface area (Å²) in [7, 11) is 2.01. The molecule has 0 aliphatic carbocycles. The van der Waals surface area contributed by atoms with Gasteiger partial charge in [-0.15, -0.1) is 0 Å². The Morgan fingerprint density at radius 1 is 1.17 bits per heavy atom. The number of aliphatic hydroxyl groups excluding tert-OH is 1. The van der Waals surface area contributed by atoms with E-state index in [9.17, 15) is 5.11 Å². The molecule has 1 N–H and O–H groups in total. The fourth-order valence-electron chi connectivity index (χ4n) is 1.77. The molecule has 96 valence electrons. The van der Waals surface area contributed by atoms with Crippen LogP contribution in [0, 0.1) is 0 Å². The Bertz CT molecular complexity index is 537. The zero-order chi connectivity index (χ0) is 13.2. The van der Waals surface area contributed by atoms with E-state index >= 15 is 0 Å². The first kappa shape index (κ1) is 13.0. The molecule has 0 aliphatic rings. The number of aliphatic hydroxyl groups is 1. The molecule has 0 aliphatic heterocycles. The lowest BCUT2D eigenvalue weighted by Gasteiger charge is -2.33. The predicted octanol–water partition coefficient (Wildman–Crippen LogP) is 2.44. The van der Waals surface area contributed by atoms with Crippen molar-refractivity contribution in [1.82, 2.24) is 9.88 Å². The van der Waals surface area contributed by atoms with Gasteiger partial charge in [0.15, 0.2) is 0 Å². The van der Waals surface area contributed by atoms with Crippen molar-refractivity contribution in [2.45, 2.75) is 25.9 Å². The zero-order valence-corrected chi connectivity index (χ0v) is 11.2. The average molecular weight is 244 g/mol. The van der Waals surface area contributed by atoms with Crippen molar-refractivity contribution in [2.75, 3.05) is 13.7 Å². The van der Waals surface area contributed by atoms with Gasteiger partial charge < -0.3 is 5.11 Å². The molecule has 18 heavy (non-hydrogen) atoms. The maximum Gasteiger partial charge on any atom is 0.0705 e. The highest BCUT2D eigenvalue weighted by Gasteiger charge is 2.22. The van der Waals surface area contributed by atoms with Gasteiger partial charge in [-0.3, -0.25) is 9.88 Å². The van der Waals surface area contributed by atoms with Crippen LogP contribution in [-0.2, 0) is 6.54 Å². The first-order valence-corrected chi connectivity index (χ1v) is 6.20. The third-order valence-corrected chi connectivity index (χ3v) is 3.48.